The summed E-state index contributed by atoms with van der Waals surface area (Å²) in [7, 11) is -2.25. The highest BCUT2D eigenvalue weighted by atomic mass is 35.5. The predicted octanol–water partition coefficient (Wildman–Crippen LogP) is 2.78. The third-order valence-electron chi connectivity index (χ3n) is 4.87. The molecular weight excluding hydrogens is 428 g/mol. The fourth-order valence-corrected chi connectivity index (χ4v) is 4.74. The molecule has 0 saturated carbocycles. The Bertz CT molecular complexity index is 973. The molecular formula is C21H25ClN2O5S. The van der Waals surface area contributed by atoms with Crippen LogP contribution in [-0.4, -0.2) is 47.2 Å². The number of halogens is 1. The summed E-state index contributed by atoms with van der Waals surface area (Å²) in [5.74, 6) is 0.404. The van der Waals surface area contributed by atoms with E-state index in [0.29, 0.717) is 19.6 Å². The summed E-state index contributed by atoms with van der Waals surface area (Å²) in [6.07, 6.45) is 2.23. The molecule has 2 aromatic rings. The Balaban J connectivity index is 1.60. The van der Waals surface area contributed by atoms with Crippen molar-refractivity contribution in [3.63, 3.8) is 0 Å². The van der Waals surface area contributed by atoms with Crippen LogP contribution in [0, 0.1) is 0 Å². The summed E-state index contributed by atoms with van der Waals surface area (Å²) in [5, 5.41) is 2.86. The van der Waals surface area contributed by atoms with Gasteiger partial charge in [-0.3, -0.25) is 4.79 Å². The van der Waals surface area contributed by atoms with Gasteiger partial charge in [0.1, 0.15) is 10.6 Å². The maximum Gasteiger partial charge on any atom is 0.251 e. The predicted molar refractivity (Wildman–Crippen MR) is 115 cm³/mol. The molecule has 1 amide bonds. The second-order valence-electron chi connectivity index (χ2n) is 6.99. The SMILES string of the molecule is COc1ccc(CCNC(=O)c2ccc(Cl)c(S(=O)(=O)NCC3CCCO3)c2)cc1. The van der Waals surface area contributed by atoms with E-state index in [4.69, 9.17) is 21.1 Å². The molecule has 1 saturated heterocycles. The van der Waals surface area contributed by atoms with Crippen molar-refractivity contribution in [1.29, 1.82) is 0 Å². The molecule has 0 spiro atoms. The molecule has 1 atom stereocenters. The monoisotopic (exact) mass is 452 g/mol. The zero-order chi connectivity index (χ0) is 21.6. The van der Waals surface area contributed by atoms with Crippen LogP contribution in [0.5, 0.6) is 5.75 Å². The zero-order valence-corrected chi connectivity index (χ0v) is 18.3. The quantitative estimate of drug-likeness (QED) is 0.610. The van der Waals surface area contributed by atoms with Gasteiger partial charge >= 0.3 is 0 Å². The van der Waals surface area contributed by atoms with Gasteiger partial charge in [-0.1, -0.05) is 23.7 Å². The maximum atomic E-state index is 12.6. The van der Waals surface area contributed by atoms with Crippen molar-refractivity contribution >= 4 is 27.5 Å². The van der Waals surface area contributed by atoms with Crippen LogP contribution in [0.4, 0.5) is 0 Å². The highest BCUT2D eigenvalue weighted by molar-refractivity contribution is 7.89. The third-order valence-corrected chi connectivity index (χ3v) is 6.77. The van der Waals surface area contributed by atoms with Gasteiger partial charge in [0.15, 0.2) is 0 Å². The number of hydrogen-bond acceptors (Lipinski definition) is 5. The van der Waals surface area contributed by atoms with Gasteiger partial charge in [-0.2, -0.15) is 0 Å². The van der Waals surface area contributed by atoms with Crippen molar-refractivity contribution in [2.75, 3.05) is 26.8 Å². The van der Waals surface area contributed by atoms with Crippen LogP contribution in [0.1, 0.15) is 28.8 Å². The lowest BCUT2D eigenvalue weighted by Crippen LogP contribution is -2.32. The minimum Gasteiger partial charge on any atom is -0.497 e. The van der Waals surface area contributed by atoms with Gasteiger partial charge in [-0.25, -0.2) is 13.1 Å². The Morgan fingerprint density at radius 3 is 2.67 bits per heavy atom. The molecule has 1 heterocycles. The lowest BCUT2D eigenvalue weighted by molar-refractivity contribution is 0.0954. The minimum absolute atomic E-state index is 0.0598. The van der Waals surface area contributed by atoms with Crippen LogP contribution in [-0.2, 0) is 21.2 Å². The van der Waals surface area contributed by atoms with Gasteiger partial charge < -0.3 is 14.8 Å². The molecule has 162 valence electrons. The van der Waals surface area contributed by atoms with Crippen molar-refractivity contribution in [3.8, 4) is 5.75 Å². The summed E-state index contributed by atoms with van der Waals surface area (Å²) < 4.78 is 38.4. The number of amides is 1. The molecule has 1 aliphatic rings. The largest absolute Gasteiger partial charge is 0.497 e. The first kappa shape index (κ1) is 22.6. The highest BCUT2D eigenvalue weighted by Gasteiger charge is 2.23. The van der Waals surface area contributed by atoms with E-state index in [0.717, 1.165) is 24.2 Å². The van der Waals surface area contributed by atoms with E-state index in [-0.39, 0.29) is 34.0 Å². The van der Waals surface area contributed by atoms with Crippen molar-refractivity contribution in [2.24, 2.45) is 0 Å². The highest BCUT2D eigenvalue weighted by Crippen LogP contribution is 2.23. The Morgan fingerprint density at radius 1 is 1.23 bits per heavy atom. The topological polar surface area (TPSA) is 93.7 Å². The van der Waals surface area contributed by atoms with E-state index in [1.165, 1.54) is 18.2 Å². The summed E-state index contributed by atoms with van der Waals surface area (Å²) in [4.78, 5) is 12.4. The molecule has 0 bridgehead atoms. The summed E-state index contributed by atoms with van der Waals surface area (Å²) in [5.41, 5.74) is 1.28. The molecule has 2 N–H and O–H groups in total. The molecule has 0 radical (unpaired) electrons. The van der Waals surface area contributed by atoms with Gasteiger partial charge in [-0.05, 0) is 55.2 Å². The number of hydrogen-bond donors (Lipinski definition) is 2. The number of carbonyl (C=O) groups is 1. The number of methoxy groups -OCH3 is 1. The molecule has 3 rings (SSSR count). The molecule has 1 unspecified atom stereocenters. The molecule has 30 heavy (non-hydrogen) atoms. The van der Waals surface area contributed by atoms with E-state index in [2.05, 4.69) is 10.0 Å². The number of ether oxygens (including phenoxy) is 2. The molecule has 9 heteroatoms. The summed E-state index contributed by atoms with van der Waals surface area (Å²) >= 11 is 6.10. The molecule has 1 aliphatic heterocycles. The molecule has 7 nitrogen and oxygen atoms in total. The number of benzene rings is 2. The normalized spacial score (nSPS) is 16.4. The van der Waals surface area contributed by atoms with Gasteiger partial charge in [0, 0.05) is 25.3 Å². The van der Waals surface area contributed by atoms with E-state index in [9.17, 15) is 13.2 Å². The summed E-state index contributed by atoms with van der Waals surface area (Å²) in [6.45, 7) is 1.23. The van der Waals surface area contributed by atoms with Gasteiger partial charge in [0.25, 0.3) is 5.91 Å². The van der Waals surface area contributed by atoms with Crippen LogP contribution in [0.15, 0.2) is 47.4 Å². The zero-order valence-electron chi connectivity index (χ0n) is 16.7. The third kappa shape index (κ3) is 5.95. The Hall–Kier alpha value is -2.13. The lowest BCUT2D eigenvalue weighted by atomic mass is 10.1. The van der Waals surface area contributed by atoms with Crippen molar-refractivity contribution in [3.05, 3.63) is 58.6 Å². The van der Waals surface area contributed by atoms with E-state index in [1.54, 1.807) is 7.11 Å². The molecule has 2 aromatic carbocycles. The number of nitrogens with one attached hydrogen (secondary N) is 2. The molecule has 1 fully saturated rings. The fraction of sp³-hybridized carbons (Fsp3) is 0.381. The van der Waals surface area contributed by atoms with Gasteiger partial charge in [0.2, 0.25) is 10.0 Å². The van der Waals surface area contributed by atoms with Crippen molar-refractivity contribution in [2.45, 2.75) is 30.3 Å². The Labute approximate surface area is 181 Å². The number of sulfonamides is 1. The molecule has 0 aromatic heterocycles. The van der Waals surface area contributed by atoms with Gasteiger partial charge in [0.05, 0.1) is 18.2 Å². The first-order valence-electron chi connectivity index (χ1n) is 9.71. The average molecular weight is 453 g/mol. The first-order chi connectivity index (χ1) is 14.4. The standard InChI is InChI=1S/C21H25ClN2O5S/c1-28-17-7-4-15(5-8-17)10-11-23-21(25)16-6-9-19(22)20(13-16)30(26,27)24-14-18-3-2-12-29-18/h4-9,13,18,24H,2-3,10-12,14H2,1H3,(H,23,25). The van der Waals surface area contributed by atoms with E-state index >= 15 is 0 Å². The maximum absolute atomic E-state index is 12.6. The van der Waals surface area contributed by atoms with Crippen LogP contribution >= 0.6 is 11.6 Å². The summed E-state index contributed by atoms with van der Waals surface area (Å²) in [6, 6.07) is 11.8. The van der Waals surface area contributed by atoms with E-state index in [1.807, 2.05) is 24.3 Å². The lowest BCUT2D eigenvalue weighted by Gasteiger charge is -2.13. The number of rotatable bonds is 9. The second kappa shape index (κ2) is 10.3. The van der Waals surface area contributed by atoms with Crippen LogP contribution < -0.4 is 14.8 Å². The van der Waals surface area contributed by atoms with Crippen molar-refractivity contribution < 1.29 is 22.7 Å². The second-order valence-corrected chi connectivity index (χ2v) is 9.13. The van der Waals surface area contributed by atoms with E-state index < -0.39 is 10.0 Å². The first-order valence-corrected chi connectivity index (χ1v) is 11.6. The van der Waals surface area contributed by atoms with Crippen LogP contribution in [0.25, 0.3) is 0 Å². The smallest absolute Gasteiger partial charge is 0.251 e. The molecule has 0 aliphatic carbocycles. The average Bonchev–Trinajstić information content (AvgIpc) is 3.27. The Morgan fingerprint density at radius 2 is 2.00 bits per heavy atom. The Kier molecular flexibility index (Phi) is 7.71. The van der Waals surface area contributed by atoms with Gasteiger partial charge in [-0.15, -0.1) is 0 Å². The van der Waals surface area contributed by atoms with Crippen molar-refractivity contribution in [1.82, 2.24) is 10.0 Å². The van der Waals surface area contributed by atoms with Crippen LogP contribution in [0.2, 0.25) is 5.02 Å². The minimum atomic E-state index is -3.86. The van der Waals surface area contributed by atoms with Crippen LogP contribution in [0.3, 0.4) is 0 Å². The number of carbonyl (C=O) groups excluding carboxylic acids is 1. The fourth-order valence-electron chi connectivity index (χ4n) is 3.15.